The first-order chi connectivity index (χ1) is 7.25. The topological polar surface area (TPSA) is 66.5 Å². The fourth-order valence-corrected chi connectivity index (χ4v) is 1.34. The van der Waals surface area contributed by atoms with Gasteiger partial charge in [-0.2, -0.15) is 5.10 Å². The van der Waals surface area contributed by atoms with Crippen molar-refractivity contribution in [3.8, 4) is 0 Å². The molecular formula is C10H13N5. The molecule has 0 aliphatic heterocycles. The average molecular weight is 203 g/mol. The monoisotopic (exact) mass is 203 g/mol. The van der Waals surface area contributed by atoms with E-state index in [2.05, 4.69) is 25.5 Å². The van der Waals surface area contributed by atoms with Crippen molar-refractivity contribution in [1.82, 2.24) is 20.2 Å². The number of aromatic amines is 1. The number of aryl methyl sites for hydroxylation is 1. The molecule has 2 heterocycles. The van der Waals surface area contributed by atoms with Gasteiger partial charge in [-0.15, -0.1) is 5.10 Å². The van der Waals surface area contributed by atoms with Gasteiger partial charge in [0.2, 0.25) is 0 Å². The SMILES string of the molecule is Cc1cnnc(NC(C)c2ncc[nH]2)c1. The lowest BCUT2D eigenvalue weighted by atomic mass is 10.3. The second kappa shape index (κ2) is 4.08. The van der Waals surface area contributed by atoms with Crippen LogP contribution in [0.3, 0.4) is 0 Å². The fraction of sp³-hybridized carbons (Fsp3) is 0.300. The van der Waals surface area contributed by atoms with Crippen LogP contribution in [0.4, 0.5) is 5.82 Å². The number of anilines is 1. The molecule has 0 fully saturated rings. The van der Waals surface area contributed by atoms with Crippen LogP contribution in [0, 0.1) is 6.92 Å². The van der Waals surface area contributed by atoms with E-state index in [-0.39, 0.29) is 6.04 Å². The van der Waals surface area contributed by atoms with E-state index in [4.69, 9.17) is 0 Å². The predicted octanol–water partition coefficient (Wildman–Crippen LogP) is 1.68. The zero-order chi connectivity index (χ0) is 10.7. The summed E-state index contributed by atoms with van der Waals surface area (Å²) in [5.74, 6) is 1.65. The number of H-pyrrole nitrogens is 1. The molecule has 0 amide bonds. The quantitative estimate of drug-likeness (QED) is 0.796. The van der Waals surface area contributed by atoms with Gasteiger partial charge in [0, 0.05) is 12.4 Å². The molecule has 78 valence electrons. The zero-order valence-corrected chi connectivity index (χ0v) is 8.73. The van der Waals surface area contributed by atoms with Crippen LogP contribution in [-0.2, 0) is 0 Å². The lowest BCUT2D eigenvalue weighted by molar-refractivity contribution is 0.796. The maximum absolute atomic E-state index is 4.17. The van der Waals surface area contributed by atoms with Gasteiger partial charge in [-0.3, -0.25) is 0 Å². The second-order valence-corrected chi connectivity index (χ2v) is 3.46. The third-order valence-corrected chi connectivity index (χ3v) is 2.09. The van der Waals surface area contributed by atoms with Gasteiger partial charge in [-0.25, -0.2) is 4.98 Å². The van der Waals surface area contributed by atoms with Gasteiger partial charge in [0.05, 0.1) is 12.2 Å². The fourth-order valence-electron chi connectivity index (χ4n) is 1.34. The lowest BCUT2D eigenvalue weighted by Gasteiger charge is -2.11. The number of hydrogen-bond acceptors (Lipinski definition) is 4. The van der Waals surface area contributed by atoms with Crippen molar-refractivity contribution >= 4 is 5.82 Å². The standard InChI is InChI=1S/C10H13N5/c1-7-5-9(15-13-6-7)14-8(2)10-11-3-4-12-10/h3-6,8H,1-2H3,(H,11,12)(H,14,15). The van der Waals surface area contributed by atoms with Crippen molar-refractivity contribution in [1.29, 1.82) is 0 Å². The first kappa shape index (κ1) is 9.64. The highest BCUT2D eigenvalue weighted by Crippen LogP contribution is 2.13. The smallest absolute Gasteiger partial charge is 0.149 e. The minimum atomic E-state index is 0.0936. The van der Waals surface area contributed by atoms with Crippen LogP contribution < -0.4 is 5.32 Å². The second-order valence-electron chi connectivity index (χ2n) is 3.46. The average Bonchev–Trinajstić information content (AvgIpc) is 2.70. The maximum Gasteiger partial charge on any atom is 0.149 e. The Kier molecular flexibility index (Phi) is 2.62. The minimum absolute atomic E-state index is 0.0936. The summed E-state index contributed by atoms with van der Waals surface area (Å²) in [6, 6.07) is 2.04. The summed E-state index contributed by atoms with van der Waals surface area (Å²) >= 11 is 0. The van der Waals surface area contributed by atoms with Gasteiger partial charge in [0.15, 0.2) is 0 Å². The molecule has 0 aliphatic carbocycles. The van der Waals surface area contributed by atoms with Crippen LogP contribution >= 0.6 is 0 Å². The van der Waals surface area contributed by atoms with Crippen LogP contribution in [0.25, 0.3) is 0 Å². The van der Waals surface area contributed by atoms with Crippen molar-refractivity contribution < 1.29 is 0 Å². The van der Waals surface area contributed by atoms with Gasteiger partial charge in [0.1, 0.15) is 11.6 Å². The molecule has 2 aromatic heterocycles. The highest BCUT2D eigenvalue weighted by atomic mass is 15.2. The van der Waals surface area contributed by atoms with E-state index in [1.165, 1.54) is 0 Å². The van der Waals surface area contributed by atoms with Gasteiger partial charge in [-0.05, 0) is 25.5 Å². The van der Waals surface area contributed by atoms with E-state index in [9.17, 15) is 0 Å². The van der Waals surface area contributed by atoms with Crippen molar-refractivity contribution in [3.05, 3.63) is 36.0 Å². The lowest BCUT2D eigenvalue weighted by Crippen LogP contribution is -2.10. The molecule has 0 spiro atoms. The van der Waals surface area contributed by atoms with E-state index in [1.54, 1.807) is 18.6 Å². The summed E-state index contributed by atoms with van der Waals surface area (Å²) in [4.78, 5) is 7.22. The molecular weight excluding hydrogens is 190 g/mol. The summed E-state index contributed by atoms with van der Waals surface area (Å²) in [6.07, 6.45) is 5.26. The number of hydrogen-bond donors (Lipinski definition) is 2. The van der Waals surface area contributed by atoms with E-state index >= 15 is 0 Å². The van der Waals surface area contributed by atoms with Crippen LogP contribution in [0.15, 0.2) is 24.7 Å². The molecule has 5 nitrogen and oxygen atoms in total. The van der Waals surface area contributed by atoms with Crippen molar-refractivity contribution in [3.63, 3.8) is 0 Å². The van der Waals surface area contributed by atoms with Crippen LogP contribution in [0.2, 0.25) is 0 Å². The first-order valence-electron chi connectivity index (χ1n) is 4.81. The first-order valence-corrected chi connectivity index (χ1v) is 4.81. The Morgan fingerprint density at radius 1 is 1.47 bits per heavy atom. The molecule has 0 radical (unpaired) electrons. The summed E-state index contributed by atoms with van der Waals surface area (Å²) in [6.45, 7) is 4.00. The van der Waals surface area contributed by atoms with Gasteiger partial charge < -0.3 is 10.3 Å². The van der Waals surface area contributed by atoms with Crippen molar-refractivity contribution in [2.45, 2.75) is 19.9 Å². The molecule has 15 heavy (non-hydrogen) atoms. The highest BCUT2D eigenvalue weighted by molar-refractivity contribution is 5.36. The molecule has 2 aromatic rings. The Morgan fingerprint density at radius 2 is 2.33 bits per heavy atom. The predicted molar refractivity (Wildman–Crippen MR) is 57.4 cm³/mol. The number of nitrogens with zero attached hydrogens (tertiary/aromatic N) is 3. The molecule has 0 saturated carbocycles. The minimum Gasteiger partial charge on any atom is -0.359 e. The largest absolute Gasteiger partial charge is 0.359 e. The molecule has 0 aliphatic rings. The highest BCUT2D eigenvalue weighted by Gasteiger charge is 2.07. The number of imidazole rings is 1. The summed E-state index contributed by atoms with van der Waals surface area (Å²) in [7, 11) is 0. The summed E-state index contributed by atoms with van der Waals surface area (Å²) in [5.41, 5.74) is 1.08. The van der Waals surface area contributed by atoms with Gasteiger partial charge >= 0.3 is 0 Å². The molecule has 0 bridgehead atoms. The molecule has 0 saturated heterocycles. The number of rotatable bonds is 3. The van der Waals surface area contributed by atoms with Crippen molar-refractivity contribution in [2.75, 3.05) is 5.32 Å². The molecule has 1 atom stereocenters. The van der Waals surface area contributed by atoms with Crippen LogP contribution in [-0.4, -0.2) is 20.2 Å². The zero-order valence-electron chi connectivity index (χ0n) is 8.73. The maximum atomic E-state index is 4.17. The molecule has 0 aromatic carbocycles. The molecule has 2 rings (SSSR count). The van der Waals surface area contributed by atoms with E-state index < -0.39 is 0 Å². The van der Waals surface area contributed by atoms with Crippen LogP contribution in [0.5, 0.6) is 0 Å². The Morgan fingerprint density at radius 3 is 3.00 bits per heavy atom. The van der Waals surface area contributed by atoms with Gasteiger partial charge in [0.25, 0.3) is 0 Å². The third kappa shape index (κ3) is 2.31. The van der Waals surface area contributed by atoms with Gasteiger partial charge in [-0.1, -0.05) is 0 Å². The van der Waals surface area contributed by atoms with E-state index in [0.717, 1.165) is 17.2 Å². The third-order valence-electron chi connectivity index (χ3n) is 2.09. The van der Waals surface area contributed by atoms with Crippen molar-refractivity contribution in [2.24, 2.45) is 0 Å². The Hall–Kier alpha value is -1.91. The summed E-state index contributed by atoms with van der Waals surface area (Å²) in [5, 5.41) is 11.1. The van der Waals surface area contributed by atoms with E-state index in [0.29, 0.717) is 0 Å². The molecule has 5 heteroatoms. The number of nitrogens with one attached hydrogen (secondary N) is 2. The Balaban J connectivity index is 2.09. The Bertz CT molecular complexity index is 423. The Labute approximate surface area is 88.0 Å². The van der Waals surface area contributed by atoms with Crippen LogP contribution in [0.1, 0.15) is 24.4 Å². The molecule has 2 N–H and O–H groups in total. The summed E-state index contributed by atoms with van der Waals surface area (Å²) < 4.78 is 0. The number of aromatic nitrogens is 4. The van der Waals surface area contributed by atoms with E-state index in [1.807, 2.05) is 19.9 Å². The normalized spacial score (nSPS) is 12.4. The molecule has 1 unspecified atom stereocenters.